The van der Waals surface area contributed by atoms with Gasteiger partial charge in [-0.15, -0.1) is 10.2 Å². The highest BCUT2D eigenvalue weighted by atomic mass is 32.2. The van der Waals surface area contributed by atoms with Gasteiger partial charge < -0.3 is 14.8 Å². The van der Waals surface area contributed by atoms with E-state index in [2.05, 4.69) is 15.5 Å². The third-order valence-corrected chi connectivity index (χ3v) is 7.50. The predicted octanol–water partition coefficient (Wildman–Crippen LogP) is 4.75. The molecule has 4 rings (SSSR count). The number of thioether (sulfide) groups is 1. The molecule has 0 bridgehead atoms. The quantitative estimate of drug-likeness (QED) is 0.460. The van der Waals surface area contributed by atoms with Crippen LogP contribution in [0.3, 0.4) is 0 Å². The van der Waals surface area contributed by atoms with Crippen LogP contribution in [0, 0.1) is 6.92 Å². The van der Waals surface area contributed by atoms with Crippen LogP contribution < -0.4 is 10.2 Å². The summed E-state index contributed by atoms with van der Waals surface area (Å²) in [5, 5.41) is 12.0. The molecule has 0 spiro atoms. The van der Waals surface area contributed by atoms with Crippen molar-refractivity contribution in [2.75, 3.05) is 11.4 Å². The number of rotatable bonds is 8. The fourth-order valence-corrected chi connectivity index (χ4v) is 5.25. The zero-order valence-corrected chi connectivity index (χ0v) is 21.4. The van der Waals surface area contributed by atoms with Crippen molar-refractivity contribution in [2.24, 2.45) is 7.05 Å². The van der Waals surface area contributed by atoms with Crippen molar-refractivity contribution in [3.8, 4) is 11.4 Å². The molecule has 1 aliphatic carbocycles. The van der Waals surface area contributed by atoms with Gasteiger partial charge in [0, 0.05) is 24.3 Å². The lowest BCUT2D eigenvalue weighted by Gasteiger charge is -2.28. The van der Waals surface area contributed by atoms with E-state index in [0.717, 1.165) is 48.3 Å². The molecule has 7 nitrogen and oxygen atoms in total. The summed E-state index contributed by atoms with van der Waals surface area (Å²) in [7, 11) is 1.90. The number of hydrogen-bond donors (Lipinski definition) is 1. The fourth-order valence-electron chi connectivity index (χ4n) is 4.37. The minimum absolute atomic E-state index is 0.00260. The van der Waals surface area contributed by atoms with Crippen molar-refractivity contribution < 1.29 is 9.59 Å². The third-order valence-electron chi connectivity index (χ3n) is 6.38. The van der Waals surface area contributed by atoms with E-state index in [4.69, 9.17) is 0 Å². The number of benzene rings is 2. The van der Waals surface area contributed by atoms with Gasteiger partial charge in [0.05, 0.1) is 5.25 Å². The first-order valence-corrected chi connectivity index (χ1v) is 13.1. The number of amides is 2. The molecule has 2 aromatic carbocycles. The minimum Gasteiger partial charge on any atom is -0.352 e. The number of aromatic nitrogens is 3. The standard InChI is InChI=1S/C27H33N5O2S/c1-19-14-16-23(17-15-19)32(18-24(33)28-22-12-8-5-9-13-22)26(34)20(2)35-27-30-29-25(31(27)3)21-10-6-4-7-11-21/h4,6-7,10-11,14-17,20,22H,5,8-9,12-13,18H2,1-3H3,(H,28,33)/t20-/m0/s1. The van der Waals surface area contributed by atoms with Crippen LogP contribution in [0.1, 0.15) is 44.6 Å². The molecular formula is C27H33N5O2S. The topological polar surface area (TPSA) is 80.1 Å². The predicted molar refractivity (Wildman–Crippen MR) is 140 cm³/mol. The second-order valence-electron chi connectivity index (χ2n) is 9.15. The summed E-state index contributed by atoms with van der Waals surface area (Å²) in [6.45, 7) is 3.85. The van der Waals surface area contributed by atoms with E-state index in [9.17, 15) is 9.59 Å². The molecule has 8 heteroatoms. The first-order valence-electron chi connectivity index (χ1n) is 12.2. The lowest BCUT2D eigenvalue weighted by atomic mass is 9.95. The molecule has 1 N–H and O–H groups in total. The third kappa shape index (κ3) is 6.31. The summed E-state index contributed by atoms with van der Waals surface area (Å²) in [5.74, 6) is 0.491. The average Bonchev–Trinajstić information content (AvgIpc) is 3.23. The molecular weight excluding hydrogens is 458 g/mol. The van der Waals surface area contributed by atoms with E-state index in [-0.39, 0.29) is 24.4 Å². The van der Waals surface area contributed by atoms with E-state index >= 15 is 0 Å². The second-order valence-corrected chi connectivity index (χ2v) is 10.5. The van der Waals surface area contributed by atoms with Crippen molar-refractivity contribution in [3.05, 3.63) is 60.2 Å². The highest BCUT2D eigenvalue weighted by Gasteiger charge is 2.27. The summed E-state index contributed by atoms with van der Waals surface area (Å²) < 4.78 is 1.90. The molecule has 0 saturated heterocycles. The Hall–Kier alpha value is -3.13. The number of aryl methyl sites for hydroxylation is 1. The molecule has 3 aromatic rings. The molecule has 1 heterocycles. The molecule has 1 fully saturated rings. The van der Waals surface area contributed by atoms with E-state index in [0.29, 0.717) is 5.16 Å². The Morgan fingerprint density at radius 2 is 1.74 bits per heavy atom. The van der Waals surface area contributed by atoms with Crippen LogP contribution >= 0.6 is 11.8 Å². The summed E-state index contributed by atoms with van der Waals surface area (Å²) in [6.07, 6.45) is 5.52. The average molecular weight is 492 g/mol. The van der Waals surface area contributed by atoms with E-state index in [1.165, 1.54) is 18.2 Å². The van der Waals surface area contributed by atoms with Crippen LogP contribution in [0.25, 0.3) is 11.4 Å². The minimum atomic E-state index is -0.453. The maximum Gasteiger partial charge on any atom is 0.240 e. The summed E-state index contributed by atoms with van der Waals surface area (Å²) >= 11 is 1.35. The number of carbonyl (C=O) groups is 2. The van der Waals surface area contributed by atoms with Crippen molar-refractivity contribution in [1.82, 2.24) is 20.1 Å². The molecule has 1 saturated carbocycles. The first-order chi connectivity index (χ1) is 16.9. The number of anilines is 1. The molecule has 184 valence electrons. The van der Waals surface area contributed by atoms with Crippen LogP contribution in [0.5, 0.6) is 0 Å². The van der Waals surface area contributed by atoms with Gasteiger partial charge in [-0.05, 0) is 38.8 Å². The summed E-state index contributed by atoms with van der Waals surface area (Å²) in [6, 6.07) is 17.8. The van der Waals surface area contributed by atoms with Gasteiger partial charge in [-0.25, -0.2) is 0 Å². The second kappa shape index (κ2) is 11.5. The van der Waals surface area contributed by atoms with Gasteiger partial charge in [-0.1, -0.05) is 79.1 Å². The van der Waals surface area contributed by atoms with E-state index in [1.54, 1.807) is 4.90 Å². The van der Waals surface area contributed by atoms with Crippen LogP contribution in [-0.2, 0) is 16.6 Å². The van der Waals surface area contributed by atoms with E-state index < -0.39 is 5.25 Å². The fraction of sp³-hybridized carbons (Fsp3) is 0.407. The van der Waals surface area contributed by atoms with Gasteiger partial charge in [0.1, 0.15) is 6.54 Å². The number of carbonyl (C=O) groups excluding carboxylic acids is 2. The van der Waals surface area contributed by atoms with Gasteiger partial charge in [0.2, 0.25) is 11.8 Å². The molecule has 35 heavy (non-hydrogen) atoms. The Kier molecular flexibility index (Phi) is 8.23. The Labute approximate surface area is 211 Å². The van der Waals surface area contributed by atoms with Gasteiger partial charge in [0.15, 0.2) is 11.0 Å². The maximum atomic E-state index is 13.6. The normalized spacial score (nSPS) is 14.9. The Balaban J connectivity index is 1.49. The van der Waals surface area contributed by atoms with Gasteiger partial charge in [0.25, 0.3) is 0 Å². The van der Waals surface area contributed by atoms with Crippen LogP contribution in [0.15, 0.2) is 59.8 Å². The van der Waals surface area contributed by atoms with Crippen molar-refractivity contribution in [1.29, 1.82) is 0 Å². The summed E-state index contributed by atoms with van der Waals surface area (Å²) in [5.41, 5.74) is 2.78. The molecule has 2 amide bonds. The Morgan fingerprint density at radius 1 is 1.06 bits per heavy atom. The van der Waals surface area contributed by atoms with Gasteiger partial charge in [-0.3, -0.25) is 9.59 Å². The van der Waals surface area contributed by atoms with Crippen molar-refractivity contribution in [2.45, 2.75) is 62.4 Å². The zero-order valence-electron chi connectivity index (χ0n) is 20.6. The molecule has 0 aliphatic heterocycles. The molecule has 0 radical (unpaired) electrons. The molecule has 1 aliphatic rings. The van der Waals surface area contributed by atoms with Crippen LogP contribution in [0.2, 0.25) is 0 Å². The number of hydrogen-bond acceptors (Lipinski definition) is 5. The molecule has 1 aromatic heterocycles. The highest BCUT2D eigenvalue weighted by molar-refractivity contribution is 8.00. The number of nitrogens with one attached hydrogen (secondary N) is 1. The van der Waals surface area contributed by atoms with E-state index in [1.807, 2.05) is 80.1 Å². The van der Waals surface area contributed by atoms with Gasteiger partial charge in [-0.2, -0.15) is 0 Å². The largest absolute Gasteiger partial charge is 0.352 e. The Bertz CT molecular complexity index is 1140. The highest BCUT2D eigenvalue weighted by Crippen LogP contribution is 2.28. The SMILES string of the molecule is Cc1ccc(N(CC(=O)NC2CCCCC2)C(=O)[C@H](C)Sc2nnc(-c3ccccc3)n2C)cc1. The lowest BCUT2D eigenvalue weighted by Crippen LogP contribution is -2.46. The van der Waals surface area contributed by atoms with Crippen molar-refractivity contribution >= 4 is 29.3 Å². The molecule has 0 unspecified atom stereocenters. The van der Waals surface area contributed by atoms with Gasteiger partial charge >= 0.3 is 0 Å². The molecule has 1 atom stereocenters. The maximum absolute atomic E-state index is 13.6. The van der Waals surface area contributed by atoms with Crippen LogP contribution in [-0.4, -0.2) is 44.4 Å². The Morgan fingerprint density at radius 3 is 2.43 bits per heavy atom. The first kappa shape index (κ1) is 25.0. The monoisotopic (exact) mass is 491 g/mol. The lowest BCUT2D eigenvalue weighted by molar-refractivity contribution is -0.124. The van der Waals surface area contributed by atoms with Crippen LogP contribution in [0.4, 0.5) is 5.69 Å². The van der Waals surface area contributed by atoms with Crippen molar-refractivity contribution in [3.63, 3.8) is 0 Å². The smallest absolute Gasteiger partial charge is 0.240 e. The number of nitrogens with zero attached hydrogens (tertiary/aromatic N) is 4. The summed E-state index contributed by atoms with van der Waals surface area (Å²) in [4.78, 5) is 28.1. The zero-order chi connectivity index (χ0) is 24.8.